The first kappa shape index (κ1) is 15.0. The maximum Gasteiger partial charge on any atom is 0.270 e. The van der Waals surface area contributed by atoms with E-state index in [1.807, 2.05) is 0 Å². The van der Waals surface area contributed by atoms with Gasteiger partial charge in [-0.3, -0.25) is 14.9 Å². The SMILES string of the molecule is O=C(/C=C/c1cc([N+](=O)[O-])ccc1O)NC1CCCCC1. The molecule has 1 saturated carbocycles. The smallest absolute Gasteiger partial charge is 0.270 e. The van der Waals surface area contributed by atoms with Crippen molar-refractivity contribution in [1.29, 1.82) is 0 Å². The lowest BCUT2D eigenvalue weighted by Gasteiger charge is -2.21. The molecule has 0 heterocycles. The fourth-order valence-electron chi connectivity index (χ4n) is 2.45. The molecule has 1 fully saturated rings. The van der Waals surface area contributed by atoms with Crippen LogP contribution in [-0.2, 0) is 4.79 Å². The van der Waals surface area contributed by atoms with Crippen LogP contribution in [0.25, 0.3) is 6.08 Å². The Morgan fingerprint density at radius 3 is 2.71 bits per heavy atom. The summed E-state index contributed by atoms with van der Waals surface area (Å²) < 4.78 is 0. The number of phenols is 1. The van der Waals surface area contributed by atoms with Crippen LogP contribution >= 0.6 is 0 Å². The number of rotatable bonds is 4. The van der Waals surface area contributed by atoms with E-state index in [4.69, 9.17) is 0 Å². The lowest BCUT2D eigenvalue weighted by molar-refractivity contribution is -0.384. The molecule has 0 bridgehead atoms. The zero-order valence-electron chi connectivity index (χ0n) is 11.6. The molecule has 0 spiro atoms. The maximum atomic E-state index is 11.8. The number of carbonyl (C=O) groups excluding carboxylic acids is 1. The minimum atomic E-state index is -0.543. The van der Waals surface area contributed by atoms with Gasteiger partial charge in [-0.15, -0.1) is 0 Å². The van der Waals surface area contributed by atoms with E-state index in [2.05, 4.69) is 5.32 Å². The Morgan fingerprint density at radius 1 is 1.33 bits per heavy atom. The first-order chi connectivity index (χ1) is 10.1. The zero-order chi connectivity index (χ0) is 15.2. The van der Waals surface area contributed by atoms with Crippen LogP contribution < -0.4 is 5.32 Å². The predicted molar refractivity (Wildman–Crippen MR) is 78.8 cm³/mol. The van der Waals surface area contributed by atoms with E-state index < -0.39 is 4.92 Å². The molecule has 6 heteroatoms. The molecule has 1 aromatic rings. The second-order valence-electron chi connectivity index (χ2n) is 5.18. The van der Waals surface area contributed by atoms with Crippen LogP contribution in [0.1, 0.15) is 37.7 Å². The summed E-state index contributed by atoms with van der Waals surface area (Å²) in [6.07, 6.45) is 8.13. The minimum absolute atomic E-state index is 0.0951. The van der Waals surface area contributed by atoms with Gasteiger partial charge in [0.25, 0.3) is 5.69 Å². The summed E-state index contributed by atoms with van der Waals surface area (Å²) in [6.45, 7) is 0. The molecule has 0 unspecified atom stereocenters. The number of nitro groups is 1. The standard InChI is InChI=1S/C15H18N2O4/c18-14-8-7-13(17(20)21)10-11(14)6-9-15(19)16-12-4-2-1-3-5-12/h6-10,12,18H,1-5H2,(H,16,19)/b9-6+. The highest BCUT2D eigenvalue weighted by Gasteiger charge is 2.14. The quantitative estimate of drug-likeness (QED) is 0.506. The predicted octanol–water partition coefficient (Wildman–Crippen LogP) is 2.76. The summed E-state index contributed by atoms with van der Waals surface area (Å²) in [5, 5.41) is 23.2. The lowest BCUT2D eigenvalue weighted by Crippen LogP contribution is -2.34. The molecule has 6 nitrogen and oxygen atoms in total. The Morgan fingerprint density at radius 2 is 2.05 bits per heavy atom. The first-order valence-corrected chi connectivity index (χ1v) is 7.02. The summed E-state index contributed by atoms with van der Waals surface area (Å²) in [5.41, 5.74) is 0.128. The number of hydrogen-bond donors (Lipinski definition) is 2. The number of nitrogens with one attached hydrogen (secondary N) is 1. The van der Waals surface area contributed by atoms with Gasteiger partial charge in [-0.05, 0) is 25.0 Å². The van der Waals surface area contributed by atoms with Crippen LogP contribution in [0.5, 0.6) is 5.75 Å². The Balaban J connectivity index is 2.01. The van der Waals surface area contributed by atoms with Gasteiger partial charge in [-0.25, -0.2) is 0 Å². The lowest BCUT2D eigenvalue weighted by atomic mass is 9.95. The molecule has 0 atom stereocenters. The number of carbonyl (C=O) groups is 1. The molecule has 1 aliphatic carbocycles. The largest absolute Gasteiger partial charge is 0.507 e. The van der Waals surface area contributed by atoms with Crippen molar-refractivity contribution < 1.29 is 14.8 Å². The van der Waals surface area contributed by atoms with Crippen LogP contribution in [0.15, 0.2) is 24.3 Å². The molecular weight excluding hydrogens is 272 g/mol. The van der Waals surface area contributed by atoms with Gasteiger partial charge in [-0.2, -0.15) is 0 Å². The van der Waals surface area contributed by atoms with Gasteiger partial charge in [0.15, 0.2) is 0 Å². The summed E-state index contributed by atoms with van der Waals surface area (Å²) in [7, 11) is 0. The third kappa shape index (κ3) is 4.30. The van der Waals surface area contributed by atoms with E-state index in [1.54, 1.807) is 0 Å². The number of amides is 1. The molecule has 0 saturated heterocycles. The van der Waals surface area contributed by atoms with Crippen molar-refractivity contribution in [2.75, 3.05) is 0 Å². The fraction of sp³-hybridized carbons (Fsp3) is 0.400. The van der Waals surface area contributed by atoms with Crippen molar-refractivity contribution in [2.24, 2.45) is 0 Å². The molecular formula is C15H18N2O4. The van der Waals surface area contributed by atoms with E-state index in [0.29, 0.717) is 0 Å². The Kier molecular flexibility index (Phi) is 4.92. The van der Waals surface area contributed by atoms with Crippen molar-refractivity contribution >= 4 is 17.7 Å². The molecule has 0 aliphatic heterocycles. The van der Waals surface area contributed by atoms with E-state index in [9.17, 15) is 20.0 Å². The van der Waals surface area contributed by atoms with Crippen molar-refractivity contribution in [3.8, 4) is 5.75 Å². The number of phenolic OH excluding ortho intramolecular Hbond substituents is 1. The van der Waals surface area contributed by atoms with E-state index in [1.165, 1.54) is 36.8 Å². The number of aromatic hydroxyl groups is 1. The monoisotopic (exact) mass is 290 g/mol. The van der Waals surface area contributed by atoms with Gasteiger partial charge in [0.05, 0.1) is 4.92 Å². The summed E-state index contributed by atoms with van der Waals surface area (Å²) in [6, 6.07) is 3.90. The summed E-state index contributed by atoms with van der Waals surface area (Å²) in [4.78, 5) is 21.9. The summed E-state index contributed by atoms with van der Waals surface area (Å²) >= 11 is 0. The molecule has 2 N–H and O–H groups in total. The van der Waals surface area contributed by atoms with Crippen molar-refractivity contribution in [3.05, 3.63) is 40.0 Å². The van der Waals surface area contributed by atoms with Crippen molar-refractivity contribution in [1.82, 2.24) is 5.32 Å². The topological polar surface area (TPSA) is 92.5 Å². The van der Waals surface area contributed by atoms with E-state index >= 15 is 0 Å². The molecule has 112 valence electrons. The molecule has 2 rings (SSSR count). The average Bonchev–Trinajstić information content (AvgIpc) is 2.47. The number of non-ortho nitro benzene ring substituents is 1. The highest BCUT2D eigenvalue weighted by Crippen LogP contribution is 2.24. The van der Waals surface area contributed by atoms with Crippen LogP contribution in [0.2, 0.25) is 0 Å². The maximum absolute atomic E-state index is 11.8. The third-order valence-corrected chi connectivity index (χ3v) is 3.59. The van der Waals surface area contributed by atoms with Crippen LogP contribution in [0.4, 0.5) is 5.69 Å². The zero-order valence-corrected chi connectivity index (χ0v) is 11.6. The second kappa shape index (κ2) is 6.88. The number of hydrogen-bond acceptors (Lipinski definition) is 4. The number of benzene rings is 1. The van der Waals surface area contributed by atoms with E-state index in [-0.39, 0.29) is 28.9 Å². The van der Waals surface area contributed by atoms with Crippen molar-refractivity contribution in [2.45, 2.75) is 38.1 Å². The molecule has 21 heavy (non-hydrogen) atoms. The Hall–Kier alpha value is -2.37. The highest BCUT2D eigenvalue weighted by atomic mass is 16.6. The minimum Gasteiger partial charge on any atom is -0.507 e. The van der Waals surface area contributed by atoms with Crippen LogP contribution in [-0.4, -0.2) is 22.0 Å². The molecule has 0 aromatic heterocycles. The van der Waals surface area contributed by atoms with Gasteiger partial charge in [-0.1, -0.05) is 19.3 Å². The van der Waals surface area contributed by atoms with Crippen molar-refractivity contribution in [3.63, 3.8) is 0 Å². The highest BCUT2D eigenvalue weighted by molar-refractivity contribution is 5.92. The van der Waals surface area contributed by atoms with Gasteiger partial charge in [0.2, 0.25) is 5.91 Å². The van der Waals surface area contributed by atoms with Gasteiger partial charge < -0.3 is 10.4 Å². The molecule has 1 amide bonds. The Labute approximate surface area is 122 Å². The molecule has 1 aliphatic rings. The fourth-order valence-corrected chi connectivity index (χ4v) is 2.45. The average molecular weight is 290 g/mol. The number of nitrogens with zero attached hydrogens (tertiary/aromatic N) is 1. The molecule has 0 radical (unpaired) electrons. The first-order valence-electron chi connectivity index (χ1n) is 7.02. The normalized spacial score (nSPS) is 16.0. The Bertz CT molecular complexity index is 563. The third-order valence-electron chi connectivity index (χ3n) is 3.59. The van der Waals surface area contributed by atoms with Crippen LogP contribution in [0, 0.1) is 10.1 Å². The summed E-state index contributed by atoms with van der Waals surface area (Å²) in [5.74, 6) is -0.338. The van der Waals surface area contributed by atoms with Gasteiger partial charge in [0, 0.05) is 29.8 Å². The van der Waals surface area contributed by atoms with Crippen LogP contribution in [0.3, 0.4) is 0 Å². The number of nitro benzene ring substituents is 1. The molecule has 1 aromatic carbocycles. The van der Waals surface area contributed by atoms with Gasteiger partial charge >= 0.3 is 0 Å². The van der Waals surface area contributed by atoms with Gasteiger partial charge in [0.1, 0.15) is 5.75 Å². The second-order valence-corrected chi connectivity index (χ2v) is 5.18. The van der Waals surface area contributed by atoms with E-state index in [0.717, 1.165) is 25.7 Å².